The first-order valence-corrected chi connectivity index (χ1v) is 7.47. The summed E-state index contributed by atoms with van der Waals surface area (Å²) in [5, 5.41) is 9.18. The second kappa shape index (κ2) is 5.36. The third-order valence-electron chi connectivity index (χ3n) is 3.60. The maximum atomic E-state index is 12.7. The zero-order chi connectivity index (χ0) is 14.9. The van der Waals surface area contributed by atoms with Crippen LogP contribution < -0.4 is 5.73 Å². The molecule has 20 heavy (non-hydrogen) atoms. The highest BCUT2D eigenvalue weighted by molar-refractivity contribution is 7.99. The Hall–Kier alpha value is -1.69. The van der Waals surface area contributed by atoms with Gasteiger partial charge < -0.3 is 15.7 Å². The van der Waals surface area contributed by atoms with E-state index in [0.717, 1.165) is 5.56 Å². The smallest absolute Gasteiger partial charge is 0.327 e. The van der Waals surface area contributed by atoms with Gasteiger partial charge in [0.05, 0.1) is 11.3 Å². The van der Waals surface area contributed by atoms with Gasteiger partial charge in [0.1, 0.15) is 6.04 Å². The fraction of sp³-hybridized carbons (Fsp3) is 0.429. The van der Waals surface area contributed by atoms with Crippen molar-refractivity contribution < 1.29 is 14.7 Å². The molecule has 0 spiro atoms. The van der Waals surface area contributed by atoms with Crippen molar-refractivity contribution in [3.63, 3.8) is 0 Å². The van der Waals surface area contributed by atoms with E-state index in [1.807, 2.05) is 26.0 Å². The van der Waals surface area contributed by atoms with Crippen LogP contribution in [0.25, 0.3) is 0 Å². The monoisotopic (exact) mass is 294 g/mol. The summed E-state index contributed by atoms with van der Waals surface area (Å²) < 4.78 is 0. The molecule has 1 heterocycles. The number of hydrogen-bond donors (Lipinski definition) is 2. The van der Waals surface area contributed by atoms with Crippen molar-refractivity contribution in [2.45, 2.75) is 25.3 Å². The molecule has 6 heteroatoms. The molecule has 0 unspecified atom stereocenters. The summed E-state index contributed by atoms with van der Waals surface area (Å²) in [7, 11) is 0. The highest BCUT2D eigenvalue weighted by Gasteiger charge is 2.41. The first kappa shape index (κ1) is 14.7. The highest BCUT2D eigenvalue weighted by Crippen LogP contribution is 2.31. The number of benzene rings is 1. The van der Waals surface area contributed by atoms with E-state index in [1.54, 1.807) is 12.1 Å². The number of nitrogens with two attached hydrogens (primary N) is 1. The Morgan fingerprint density at radius 2 is 1.95 bits per heavy atom. The first-order chi connectivity index (χ1) is 9.34. The average molecular weight is 294 g/mol. The normalized spacial score (nSPS) is 19.1. The second-order valence-electron chi connectivity index (χ2n) is 5.38. The van der Waals surface area contributed by atoms with Crippen molar-refractivity contribution in [2.75, 3.05) is 17.4 Å². The minimum Gasteiger partial charge on any atom is -0.480 e. The third-order valence-corrected chi connectivity index (χ3v) is 4.61. The molecule has 1 aliphatic heterocycles. The fourth-order valence-corrected chi connectivity index (χ4v) is 3.37. The molecule has 0 bridgehead atoms. The SMILES string of the molecule is CC(C)(C(=O)N1CSC[C@H]1C(=O)O)c1ccc(N)cc1. The van der Waals surface area contributed by atoms with Gasteiger partial charge in [0.15, 0.2) is 0 Å². The van der Waals surface area contributed by atoms with Crippen LogP contribution in [0.1, 0.15) is 19.4 Å². The predicted octanol–water partition coefficient (Wildman–Crippen LogP) is 1.53. The van der Waals surface area contributed by atoms with Crippen molar-refractivity contribution in [3.8, 4) is 0 Å². The molecule has 1 aromatic rings. The minimum absolute atomic E-state index is 0.167. The molecule has 1 atom stereocenters. The number of hydrogen-bond acceptors (Lipinski definition) is 4. The van der Waals surface area contributed by atoms with Crippen molar-refractivity contribution in [3.05, 3.63) is 29.8 Å². The van der Waals surface area contributed by atoms with E-state index in [9.17, 15) is 14.7 Å². The Kier molecular flexibility index (Phi) is 3.94. The minimum atomic E-state index is -0.948. The van der Waals surface area contributed by atoms with Gasteiger partial charge in [-0.05, 0) is 31.5 Å². The second-order valence-corrected chi connectivity index (χ2v) is 6.38. The molecule has 0 saturated carbocycles. The molecular formula is C14H18N2O3S. The average Bonchev–Trinajstić information content (AvgIpc) is 2.87. The lowest BCUT2D eigenvalue weighted by Gasteiger charge is -2.31. The number of carboxylic acid groups (broad SMARTS) is 1. The van der Waals surface area contributed by atoms with Crippen LogP contribution in [0.5, 0.6) is 0 Å². The molecule has 0 aromatic heterocycles. The summed E-state index contributed by atoms with van der Waals surface area (Å²) in [5.41, 5.74) is 6.35. The van der Waals surface area contributed by atoms with Crippen molar-refractivity contribution in [2.24, 2.45) is 0 Å². The molecule has 1 aliphatic rings. The largest absolute Gasteiger partial charge is 0.480 e. The summed E-state index contributed by atoms with van der Waals surface area (Å²) in [6.07, 6.45) is 0. The Bertz CT molecular complexity index is 528. The van der Waals surface area contributed by atoms with Crippen molar-refractivity contribution in [1.29, 1.82) is 0 Å². The molecule has 0 aliphatic carbocycles. The number of carboxylic acids is 1. The third kappa shape index (κ3) is 2.60. The Morgan fingerprint density at radius 3 is 2.50 bits per heavy atom. The number of rotatable bonds is 3. The quantitative estimate of drug-likeness (QED) is 0.826. The Balaban J connectivity index is 2.26. The molecule has 2 rings (SSSR count). The molecule has 1 saturated heterocycles. The Morgan fingerprint density at radius 1 is 1.35 bits per heavy atom. The van der Waals surface area contributed by atoms with Crippen LogP contribution in [0, 0.1) is 0 Å². The standard InChI is InChI=1S/C14H18N2O3S/c1-14(2,9-3-5-10(15)6-4-9)13(19)16-8-20-7-11(16)12(17)18/h3-6,11H,7-8,15H2,1-2H3,(H,17,18)/t11-/m0/s1. The van der Waals surface area contributed by atoms with Gasteiger partial charge in [-0.3, -0.25) is 4.79 Å². The van der Waals surface area contributed by atoms with Gasteiger partial charge in [-0.15, -0.1) is 11.8 Å². The van der Waals surface area contributed by atoms with Crippen LogP contribution in [0.15, 0.2) is 24.3 Å². The number of carbonyl (C=O) groups is 2. The predicted molar refractivity (Wildman–Crippen MR) is 79.5 cm³/mol. The molecule has 1 amide bonds. The van der Waals surface area contributed by atoms with Gasteiger partial charge in [0.25, 0.3) is 0 Å². The number of aliphatic carboxylic acids is 1. The van der Waals surface area contributed by atoms with Gasteiger partial charge in [0, 0.05) is 11.4 Å². The highest BCUT2D eigenvalue weighted by atomic mass is 32.2. The number of carbonyl (C=O) groups excluding carboxylic acids is 1. The lowest BCUT2D eigenvalue weighted by molar-refractivity contribution is -0.149. The lowest BCUT2D eigenvalue weighted by atomic mass is 9.83. The van der Waals surface area contributed by atoms with E-state index in [1.165, 1.54) is 16.7 Å². The number of nitrogen functional groups attached to an aromatic ring is 1. The zero-order valence-corrected chi connectivity index (χ0v) is 12.3. The van der Waals surface area contributed by atoms with E-state index in [4.69, 9.17) is 5.73 Å². The van der Waals surface area contributed by atoms with E-state index in [0.29, 0.717) is 17.3 Å². The fourth-order valence-electron chi connectivity index (χ4n) is 2.23. The van der Waals surface area contributed by atoms with Gasteiger partial charge in [-0.1, -0.05) is 12.1 Å². The zero-order valence-electron chi connectivity index (χ0n) is 11.5. The molecule has 3 N–H and O–H groups in total. The van der Waals surface area contributed by atoms with Crippen molar-refractivity contribution >= 4 is 29.3 Å². The number of amides is 1. The molecule has 108 valence electrons. The molecule has 5 nitrogen and oxygen atoms in total. The maximum Gasteiger partial charge on any atom is 0.327 e. The molecular weight excluding hydrogens is 276 g/mol. The maximum absolute atomic E-state index is 12.7. The van der Waals surface area contributed by atoms with Crippen LogP contribution >= 0.6 is 11.8 Å². The summed E-state index contributed by atoms with van der Waals surface area (Å²) in [5.74, 6) is -0.247. The summed E-state index contributed by atoms with van der Waals surface area (Å²) in [6, 6.07) is 6.38. The van der Waals surface area contributed by atoms with E-state index in [2.05, 4.69) is 0 Å². The van der Waals surface area contributed by atoms with E-state index >= 15 is 0 Å². The van der Waals surface area contributed by atoms with E-state index in [-0.39, 0.29) is 5.91 Å². The molecule has 1 fully saturated rings. The molecule has 1 aromatic carbocycles. The van der Waals surface area contributed by atoms with Gasteiger partial charge >= 0.3 is 5.97 Å². The summed E-state index contributed by atoms with van der Waals surface area (Å²) >= 11 is 1.46. The van der Waals surface area contributed by atoms with Crippen LogP contribution in [0.4, 0.5) is 5.69 Å². The first-order valence-electron chi connectivity index (χ1n) is 6.31. The number of thioether (sulfide) groups is 1. The van der Waals surface area contributed by atoms with Crippen LogP contribution in [-0.2, 0) is 15.0 Å². The topological polar surface area (TPSA) is 83.6 Å². The number of anilines is 1. The molecule has 0 radical (unpaired) electrons. The van der Waals surface area contributed by atoms with Gasteiger partial charge in [-0.25, -0.2) is 4.79 Å². The van der Waals surface area contributed by atoms with Crippen LogP contribution in [0.3, 0.4) is 0 Å². The van der Waals surface area contributed by atoms with Crippen LogP contribution in [-0.4, -0.2) is 39.6 Å². The lowest BCUT2D eigenvalue weighted by Crippen LogP contribution is -2.49. The van der Waals surface area contributed by atoms with Gasteiger partial charge in [0.2, 0.25) is 5.91 Å². The summed E-state index contributed by atoms with van der Waals surface area (Å²) in [6.45, 7) is 3.62. The Labute approximate surface area is 122 Å². The number of nitrogens with zero attached hydrogens (tertiary/aromatic N) is 1. The summed E-state index contributed by atoms with van der Waals surface area (Å²) in [4.78, 5) is 25.3. The van der Waals surface area contributed by atoms with Crippen LogP contribution in [0.2, 0.25) is 0 Å². The van der Waals surface area contributed by atoms with Crippen molar-refractivity contribution in [1.82, 2.24) is 4.90 Å². The van der Waals surface area contributed by atoms with Gasteiger partial charge in [-0.2, -0.15) is 0 Å². The van der Waals surface area contributed by atoms with E-state index < -0.39 is 17.4 Å².